The summed E-state index contributed by atoms with van der Waals surface area (Å²) in [6.45, 7) is 2.98. The number of H-pyrrole nitrogens is 1. The number of nitrogens with zero attached hydrogens (tertiary/aromatic N) is 2. The lowest BCUT2D eigenvalue weighted by atomic mass is 9.95. The normalized spacial score (nSPS) is 25.8. The van der Waals surface area contributed by atoms with Gasteiger partial charge in [0.1, 0.15) is 5.82 Å². The lowest BCUT2D eigenvalue weighted by molar-refractivity contribution is -0.142. The molecule has 0 unspecified atom stereocenters. The molecule has 3 heterocycles. The average molecular weight is 453 g/mol. The van der Waals surface area contributed by atoms with Gasteiger partial charge in [0, 0.05) is 49.0 Å². The number of morpholine rings is 1. The standard InChI is InChI=1S/C24H28N4O3S/c29-22-18(24(30)28-7-9-31-10-8-28)12-19(25-13-16-6-11-32-15-16)21(22)20-14-26-23(27-20)17-4-2-1-3-5-17/h1-6,11,14-15,18-19,21-22,25,29H,7-10,12-13H2,(H,26,27)/t18-,19+,21+,22+/m0/s1. The zero-order chi connectivity index (χ0) is 21.9. The molecule has 3 N–H and O–H groups in total. The smallest absolute Gasteiger partial charge is 0.228 e. The van der Waals surface area contributed by atoms with Crippen LogP contribution in [0.3, 0.4) is 0 Å². The van der Waals surface area contributed by atoms with E-state index in [1.54, 1.807) is 17.5 Å². The molecule has 2 fully saturated rings. The Hall–Kier alpha value is -2.52. The van der Waals surface area contributed by atoms with E-state index in [-0.39, 0.29) is 17.9 Å². The summed E-state index contributed by atoms with van der Waals surface area (Å²) in [7, 11) is 0. The molecular weight excluding hydrogens is 424 g/mol. The Kier molecular flexibility index (Phi) is 6.36. The zero-order valence-corrected chi connectivity index (χ0v) is 18.6. The van der Waals surface area contributed by atoms with Gasteiger partial charge in [-0.05, 0) is 28.8 Å². The summed E-state index contributed by atoms with van der Waals surface area (Å²) in [6, 6.07) is 12.0. The SMILES string of the molecule is O=C([C@H]1C[C@@H](NCc2ccsc2)[C@H](c2cnc(-c3ccccc3)[nH]2)[C@@H]1O)N1CCOCC1. The highest BCUT2D eigenvalue weighted by atomic mass is 32.1. The Morgan fingerprint density at radius 1 is 1.25 bits per heavy atom. The van der Waals surface area contributed by atoms with E-state index in [0.29, 0.717) is 39.3 Å². The van der Waals surface area contributed by atoms with Crippen LogP contribution in [0.5, 0.6) is 0 Å². The minimum Gasteiger partial charge on any atom is -0.392 e. The lowest BCUT2D eigenvalue weighted by Gasteiger charge is -2.30. The topological polar surface area (TPSA) is 90.5 Å². The van der Waals surface area contributed by atoms with Crippen molar-refractivity contribution in [2.45, 2.75) is 31.0 Å². The molecule has 1 saturated carbocycles. The number of amides is 1. The molecule has 0 radical (unpaired) electrons. The predicted octanol–water partition coefficient (Wildman–Crippen LogP) is 2.62. The summed E-state index contributed by atoms with van der Waals surface area (Å²) in [5, 5.41) is 19.1. The number of thiophene rings is 1. The van der Waals surface area contributed by atoms with Crippen molar-refractivity contribution >= 4 is 17.2 Å². The van der Waals surface area contributed by atoms with Crippen molar-refractivity contribution in [1.29, 1.82) is 0 Å². The highest BCUT2D eigenvalue weighted by molar-refractivity contribution is 7.07. The zero-order valence-electron chi connectivity index (χ0n) is 17.8. The highest BCUT2D eigenvalue weighted by Crippen LogP contribution is 2.40. The van der Waals surface area contributed by atoms with Crippen LogP contribution in [0.2, 0.25) is 0 Å². The van der Waals surface area contributed by atoms with Crippen molar-refractivity contribution in [3.63, 3.8) is 0 Å². The maximum atomic E-state index is 13.3. The third kappa shape index (κ3) is 4.36. The molecule has 7 nitrogen and oxygen atoms in total. The number of imidazole rings is 1. The molecule has 1 saturated heterocycles. The number of hydrogen-bond donors (Lipinski definition) is 3. The number of rotatable bonds is 6. The molecule has 2 aromatic heterocycles. The van der Waals surface area contributed by atoms with Crippen LogP contribution in [0.4, 0.5) is 0 Å². The largest absolute Gasteiger partial charge is 0.392 e. The Labute approximate surface area is 191 Å². The number of hydrogen-bond acceptors (Lipinski definition) is 6. The fraction of sp³-hybridized carbons (Fsp3) is 0.417. The summed E-state index contributed by atoms with van der Waals surface area (Å²) in [4.78, 5) is 23.1. The maximum absolute atomic E-state index is 13.3. The molecule has 5 rings (SSSR count). The summed E-state index contributed by atoms with van der Waals surface area (Å²) in [5.74, 6) is 0.107. The van der Waals surface area contributed by atoms with Crippen LogP contribution in [0, 0.1) is 5.92 Å². The molecule has 4 atom stereocenters. The van der Waals surface area contributed by atoms with Crippen LogP contribution >= 0.6 is 11.3 Å². The molecule has 0 spiro atoms. The minimum absolute atomic E-state index is 0.0217. The first-order valence-electron chi connectivity index (χ1n) is 11.1. The molecule has 1 amide bonds. The van der Waals surface area contributed by atoms with Crippen LogP contribution in [0.15, 0.2) is 53.4 Å². The van der Waals surface area contributed by atoms with E-state index in [1.807, 2.05) is 35.2 Å². The second-order valence-corrected chi connectivity index (χ2v) is 9.25. The van der Waals surface area contributed by atoms with Gasteiger partial charge in [0.05, 0.1) is 25.2 Å². The fourth-order valence-electron chi connectivity index (χ4n) is 4.81. The summed E-state index contributed by atoms with van der Waals surface area (Å²) in [6.07, 6.45) is 1.61. The Morgan fingerprint density at radius 2 is 2.06 bits per heavy atom. The highest BCUT2D eigenvalue weighted by Gasteiger charge is 2.48. The summed E-state index contributed by atoms with van der Waals surface area (Å²) in [5.41, 5.74) is 3.06. The first kappa shape index (κ1) is 21.3. The van der Waals surface area contributed by atoms with Crippen LogP contribution in [0.1, 0.15) is 23.6 Å². The minimum atomic E-state index is -0.783. The van der Waals surface area contributed by atoms with Crippen molar-refractivity contribution in [3.05, 3.63) is 64.6 Å². The molecular formula is C24H28N4O3S. The van der Waals surface area contributed by atoms with Crippen LogP contribution < -0.4 is 5.32 Å². The lowest BCUT2D eigenvalue weighted by Crippen LogP contribution is -2.45. The summed E-state index contributed by atoms with van der Waals surface area (Å²) < 4.78 is 5.39. The van der Waals surface area contributed by atoms with Crippen molar-refractivity contribution in [1.82, 2.24) is 20.2 Å². The van der Waals surface area contributed by atoms with Gasteiger partial charge in [-0.3, -0.25) is 4.79 Å². The molecule has 32 heavy (non-hydrogen) atoms. The number of carbonyl (C=O) groups is 1. The van der Waals surface area contributed by atoms with Gasteiger partial charge in [-0.1, -0.05) is 30.3 Å². The fourth-order valence-corrected chi connectivity index (χ4v) is 5.48. The summed E-state index contributed by atoms with van der Waals surface area (Å²) >= 11 is 1.67. The van der Waals surface area contributed by atoms with E-state index < -0.39 is 12.0 Å². The van der Waals surface area contributed by atoms with Crippen LogP contribution in [-0.2, 0) is 16.1 Å². The van der Waals surface area contributed by atoms with Crippen molar-refractivity contribution < 1.29 is 14.6 Å². The van der Waals surface area contributed by atoms with Gasteiger partial charge in [0.2, 0.25) is 5.91 Å². The van der Waals surface area contributed by atoms with Crippen molar-refractivity contribution in [2.75, 3.05) is 26.3 Å². The second-order valence-electron chi connectivity index (χ2n) is 8.47. The number of ether oxygens (including phenoxy) is 1. The van der Waals surface area contributed by atoms with Crippen molar-refractivity contribution in [2.24, 2.45) is 5.92 Å². The van der Waals surface area contributed by atoms with Gasteiger partial charge in [-0.2, -0.15) is 11.3 Å². The average Bonchev–Trinajstić information content (AvgIpc) is 3.59. The molecule has 8 heteroatoms. The van der Waals surface area contributed by atoms with Gasteiger partial charge < -0.3 is 25.0 Å². The van der Waals surface area contributed by atoms with E-state index in [4.69, 9.17) is 4.74 Å². The van der Waals surface area contributed by atoms with E-state index in [9.17, 15) is 9.90 Å². The Balaban J connectivity index is 1.39. The molecule has 2 aliphatic rings. The third-order valence-corrected chi connectivity index (χ3v) is 7.24. The van der Waals surface area contributed by atoms with E-state index in [1.165, 1.54) is 5.56 Å². The number of benzene rings is 1. The van der Waals surface area contributed by atoms with Gasteiger partial charge in [0.25, 0.3) is 0 Å². The molecule has 3 aromatic rings. The maximum Gasteiger partial charge on any atom is 0.228 e. The van der Waals surface area contributed by atoms with Crippen molar-refractivity contribution in [3.8, 4) is 11.4 Å². The molecule has 168 valence electrons. The van der Waals surface area contributed by atoms with Gasteiger partial charge in [-0.25, -0.2) is 4.98 Å². The molecule has 1 aliphatic heterocycles. The van der Waals surface area contributed by atoms with Gasteiger partial charge in [0.15, 0.2) is 0 Å². The first-order chi connectivity index (χ1) is 15.7. The number of aromatic amines is 1. The van der Waals surface area contributed by atoms with Gasteiger partial charge >= 0.3 is 0 Å². The third-order valence-electron chi connectivity index (χ3n) is 6.51. The number of aliphatic hydroxyl groups excluding tert-OH is 1. The van der Waals surface area contributed by atoms with Crippen LogP contribution in [0.25, 0.3) is 11.4 Å². The second kappa shape index (κ2) is 9.54. The van der Waals surface area contributed by atoms with Gasteiger partial charge in [-0.15, -0.1) is 0 Å². The Bertz CT molecular complexity index is 1020. The number of aliphatic hydroxyl groups is 1. The Morgan fingerprint density at radius 3 is 2.81 bits per heavy atom. The monoisotopic (exact) mass is 452 g/mol. The predicted molar refractivity (Wildman–Crippen MR) is 123 cm³/mol. The van der Waals surface area contributed by atoms with E-state index in [0.717, 1.165) is 17.1 Å². The molecule has 1 aromatic carbocycles. The molecule has 1 aliphatic carbocycles. The quantitative estimate of drug-likeness (QED) is 0.535. The number of aromatic nitrogens is 2. The number of carbonyl (C=O) groups excluding carboxylic acids is 1. The van der Waals surface area contributed by atoms with E-state index >= 15 is 0 Å². The van der Waals surface area contributed by atoms with Crippen LogP contribution in [-0.4, -0.2) is 64.3 Å². The number of nitrogens with one attached hydrogen (secondary N) is 2. The van der Waals surface area contributed by atoms with E-state index in [2.05, 4.69) is 32.1 Å². The first-order valence-corrected chi connectivity index (χ1v) is 12.0. The molecule has 0 bridgehead atoms.